The third-order valence-corrected chi connectivity index (χ3v) is 17.5. The minimum atomic E-state index is -4.44. The maximum atomic E-state index is 14.4. The van der Waals surface area contributed by atoms with Crippen molar-refractivity contribution in [2.75, 3.05) is 38.1 Å². The highest BCUT2D eigenvalue weighted by molar-refractivity contribution is 7.52. The monoisotopic (exact) mass is 1200 g/mol. The number of anilines is 1. The summed E-state index contributed by atoms with van der Waals surface area (Å²) in [4.78, 5) is 26.4. The maximum Gasteiger partial charge on any atom is 0.353 e. The standard InChI is InChI=1S/C75H90N5O7P/c1-2-3-4-5-6-7-8-9-10-11-12-13-14-15-16-38-53-83-56-70(84-55-62-39-24-17-25-40-62)58-87-88(81,82)61-85-69(57-86-75(66-47-32-21-33-48-66,67-49-34-22-35-50-67)68-51-36-23-37-52-68)54-80-60-78-71-72(76-59-77-73(71)80)79-74(63-41-26-18-27-42-63,64-43-28-19-29-44-64)65-45-30-20-31-46-65/h17-37,39-52,59-60,69-70H,2-16,38,53-58,61H2,1H3,(H,81,82)(H,76,77,79)/t69-,70-/m0/s1. The van der Waals surface area contributed by atoms with Gasteiger partial charge in [-0.1, -0.05) is 316 Å². The van der Waals surface area contributed by atoms with E-state index in [4.69, 9.17) is 38.4 Å². The van der Waals surface area contributed by atoms with Gasteiger partial charge in [-0.05, 0) is 45.4 Å². The van der Waals surface area contributed by atoms with Crippen LogP contribution in [0.15, 0.2) is 225 Å². The lowest BCUT2D eigenvalue weighted by atomic mass is 9.77. The van der Waals surface area contributed by atoms with Crippen LogP contribution in [0.25, 0.3) is 11.2 Å². The number of aromatic nitrogens is 4. The molecule has 3 atom stereocenters. The van der Waals surface area contributed by atoms with Crippen LogP contribution in [0.3, 0.4) is 0 Å². The van der Waals surface area contributed by atoms with Crippen molar-refractivity contribution < 1.29 is 32.9 Å². The second-order valence-electron chi connectivity index (χ2n) is 23.0. The van der Waals surface area contributed by atoms with E-state index in [0.29, 0.717) is 30.2 Å². The lowest BCUT2D eigenvalue weighted by Crippen LogP contribution is -2.38. The van der Waals surface area contributed by atoms with Crippen LogP contribution in [-0.4, -0.2) is 69.4 Å². The van der Waals surface area contributed by atoms with Gasteiger partial charge in [0.2, 0.25) is 0 Å². The molecule has 462 valence electrons. The predicted molar refractivity (Wildman–Crippen MR) is 354 cm³/mol. The molecular formula is C75H90N5O7P. The molecule has 0 aliphatic heterocycles. The number of nitrogens with one attached hydrogen (secondary N) is 1. The molecular weight excluding hydrogens is 1110 g/mol. The largest absolute Gasteiger partial charge is 0.379 e. The first-order valence-electron chi connectivity index (χ1n) is 32.1. The Bertz CT molecular complexity index is 3190. The number of hydrogen-bond donors (Lipinski definition) is 2. The van der Waals surface area contributed by atoms with Crippen molar-refractivity contribution in [3.05, 3.63) is 264 Å². The van der Waals surface area contributed by atoms with Crippen molar-refractivity contribution in [2.45, 2.75) is 146 Å². The van der Waals surface area contributed by atoms with E-state index >= 15 is 0 Å². The van der Waals surface area contributed by atoms with Gasteiger partial charge >= 0.3 is 7.60 Å². The number of unbranched alkanes of at least 4 members (excludes halogenated alkanes) is 15. The summed E-state index contributed by atoms with van der Waals surface area (Å²) in [5.74, 6) is 0.511. The summed E-state index contributed by atoms with van der Waals surface area (Å²) in [5, 5.41) is 3.89. The number of imidazole rings is 1. The van der Waals surface area contributed by atoms with Crippen molar-refractivity contribution in [3.8, 4) is 0 Å². The molecule has 0 amide bonds. The van der Waals surface area contributed by atoms with Gasteiger partial charge in [-0.25, -0.2) is 15.0 Å². The second kappa shape index (κ2) is 35.2. The highest BCUT2D eigenvalue weighted by Gasteiger charge is 2.40. The van der Waals surface area contributed by atoms with Gasteiger partial charge in [0, 0.05) is 6.61 Å². The molecule has 9 rings (SSSR count). The number of fused-ring (bicyclic) bond motifs is 1. The molecule has 7 aromatic carbocycles. The zero-order valence-electron chi connectivity index (χ0n) is 51.4. The lowest BCUT2D eigenvalue weighted by Gasteiger charge is -2.37. The third kappa shape index (κ3) is 18.7. The average Bonchev–Trinajstić information content (AvgIpc) is 1.26. The molecule has 0 aliphatic carbocycles. The topological polar surface area (TPSA) is 139 Å². The Morgan fingerprint density at radius 1 is 0.489 bits per heavy atom. The molecule has 2 N–H and O–H groups in total. The quantitative estimate of drug-likeness (QED) is 0.0215. The molecule has 12 nitrogen and oxygen atoms in total. The van der Waals surface area contributed by atoms with E-state index in [0.717, 1.165) is 51.8 Å². The van der Waals surface area contributed by atoms with Gasteiger partial charge < -0.3 is 38.2 Å². The molecule has 2 aromatic heterocycles. The molecule has 0 fully saturated rings. The molecule has 1 unspecified atom stereocenters. The lowest BCUT2D eigenvalue weighted by molar-refractivity contribution is -0.0659. The molecule has 0 radical (unpaired) electrons. The smallest absolute Gasteiger partial charge is 0.353 e. The summed E-state index contributed by atoms with van der Waals surface area (Å²) in [7, 11) is -4.44. The van der Waals surface area contributed by atoms with E-state index in [9.17, 15) is 9.46 Å². The van der Waals surface area contributed by atoms with Gasteiger partial charge in [-0.15, -0.1) is 0 Å². The SMILES string of the molecule is CCCCCCCCCCCCCCCCCCOC[C@@H](COP(=O)(O)CO[C@H](COC(c1ccccc1)(c1ccccc1)c1ccccc1)Cn1cnc2c(NC(c3ccccc3)(c3ccccc3)c3ccccc3)ncnc21)OCc1ccccc1. The first-order chi connectivity index (χ1) is 43.4. The second-order valence-corrected chi connectivity index (χ2v) is 24.8. The minimum absolute atomic E-state index is 0.0380. The average molecular weight is 1200 g/mol. The normalized spacial score (nSPS) is 13.3. The Hall–Kier alpha value is -7.12. The molecule has 0 aliphatic rings. The molecule has 0 saturated heterocycles. The third-order valence-electron chi connectivity index (χ3n) is 16.5. The summed E-state index contributed by atoms with van der Waals surface area (Å²) < 4.78 is 48.7. The van der Waals surface area contributed by atoms with Crippen molar-refractivity contribution >= 4 is 24.6 Å². The molecule has 2 heterocycles. The number of rotatable bonds is 41. The van der Waals surface area contributed by atoms with Crippen LogP contribution in [0.5, 0.6) is 0 Å². The van der Waals surface area contributed by atoms with Crippen molar-refractivity contribution in [2.24, 2.45) is 0 Å². The van der Waals surface area contributed by atoms with Crippen molar-refractivity contribution in [3.63, 3.8) is 0 Å². The van der Waals surface area contributed by atoms with Crippen LogP contribution in [0.2, 0.25) is 0 Å². The summed E-state index contributed by atoms with van der Waals surface area (Å²) in [5.41, 5.74) is 5.73. The maximum absolute atomic E-state index is 14.4. The van der Waals surface area contributed by atoms with Crippen molar-refractivity contribution in [1.29, 1.82) is 0 Å². The van der Waals surface area contributed by atoms with Crippen LogP contribution < -0.4 is 5.32 Å². The number of nitrogens with zero attached hydrogens (tertiary/aromatic N) is 4. The van der Waals surface area contributed by atoms with Gasteiger partial charge in [0.05, 0.1) is 45.4 Å². The predicted octanol–water partition coefficient (Wildman–Crippen LogP) is 17.6. The van der Waals surface area contributed by atoms with E-state index < -0.39 is 37.3 Å². The minimum Gasteiger partial charge on any atom is -0.379 e. The fourth-order valence-corrected chi connectivity index (χ4v) is 12.6. The molecule has 0 spiro atoms. The summed E-state index contributed by atoms with van der Waals surface area (Å²) in [6.45, 7) is 3.25. The van der Waals surface area contributed by atoms with E-state index in [1.807, 2.05) is 144 Å². The van der Waals surface area contributed by atoms with Crippen LogP contribution in [-0.2, 0) is 52.3 Å². The fraction of sp³-hybridized carbons (Fsp3) is 0.373. The van der Waals surface area contributed by atoms with Gasteiger partial charge in [0.25, 0.3) is 0 Å². The zero-order valence-corrected chi connectivity index (χ0v) is 52.3. The highest BCUT2D eigenvalue weighted by Crippen LogP contribution is 2.45. The van der Waals surface area contributed by atoms with E-state index in [1.165, 1.54) is 96.2 Å². The first kappa shape index (κ1) is 65.3. The summed E-state index contributed by atoms with van der Waals surface area (Å²) in [6, 6.07) is 71.1. The summed E-state index contributed by atoms with van der Waals surface area (Å²) >= 11 is 0. The Balaban J connectivity index is 0.907. The highest BCUT2D eigenvalue weighted by atomic mass is 31.2. The van der Waals surface area contributed by atoms with Crippen LogP contribution in [0.4, 0.5) is 5.82 Å². The molecule has 88 heavy (non-hydrogen) atoms. The Labute approximate surface area is 522 Å². The molecule has 13 heteroatoms. The van der Waals surface area contributed by atoms with Crippen LogP contribution >= 0.6 is 7.60 Å². The summed E-state index contributed by atoms with van der Waals surface area (Å²) in [6.07, 6.45) is 21.9. The van der Waals surface area contributed by atoms with Gasteiger partial charge in [-0.2, -0.15) is 0 Å². The van der Waals surface area contributed by atoms with E-state index in [1.54, 1.807) is 6.33 Å². The number of benzene rings is 7. The Morgan fingerprint density at radius 3 is 1.39 bits per heavy atom. The Kier molecular flexibility index (Phi) is 26.1. The molecule has 0 saturated carbocycles. The van der Waals surface area contributed by atoms with E-state index in [2.05, 4.69) is 85.0 Å². The van der Waals surface area contributed by atoms with E-state index in [-0.39, 0.29) is 26.4 Å². The molecule has 9 aromatic rings. The first-order valence-corrected chi connectivity index (χ1v) is 33.9. The number of hydrogen-bond acceptors (Lipinski definition) is 10. The zero-order chi connectivity index (χ0) is 60.8. The Morgan fingerprint density at radius 2 is 0.920 bits per heavy atom. The van der Waals surface area contributed by atoms with Crippen molar-refractivity contribution in [1.82, 2.24) is 19.5 Å². The fourth-order valence-electron chi connectivity index (χ4n) is 11.8. The van der Waals surface area contributed by atoms with Gasteiger partial charge in [0.15, 0.2) is 11.5 Å². The number of ether oxygens (including phenoxy) is 4. The molecule has 0 bridgehead atoms. The van der Waals surface area contributed by atoms with Crippen LogP contribution in [0.1, 0.15) is 149 Å². The van der Waals surface area contributed by atoms with Gasteiger partial charge in [0.1, 0.15) is 35.4 Å². The van der Waals surface area contributed by atoms with Crippen LogP contribution in [0, 0.1) is 0 Å². The van der Waals surface area contributed by atoms with Gasteiger partial charge in [-0.3, -0.25) is 4.57 Å².